The molecular formula is C31H31N5O6. The van der Waals surface area contributed by atoms with Crippen molar-refractivity contribution in [3.8, 4) is 11.5 Å². The predicted molar refractivity (Wildman–Crippen MR) is 155 cm³/mol. The molecule has 42 heavy (non-hydrogen) atoms. The first-order chi connectivity index (χ1) is 20.4. The van der Waals surface area contributed by atoms with Crippen LogP contribution < -0.4 is 20.8 Å². The number of aliphatic hydroxyl groups is 1. The van der Waals surface area contributed by atoms with Crippen LogP contribution in [0.2, 0.25) is 0 Å². The topological polar surface area (TPSA) is 147 Å². The highest BCUT2D eigenvalue weighted by molar-refractivity contribution is 5.70. The van der Waals surface area contributed by atoms with Crippen molar-refractivity contribution in [3.05, 3.63) is 112 Å². The van der Waals surface area contributed by atoms with Crippen LogP contribution in [0.5, 0.6) is 11.5 Å². The van der Waals surface area contributed by atoms with Gasteiger partial charge in [0.2, 0.25) is 5.95 Å². The smallest absolute Gasteiger partial charge is 0.280 e. The van der Waals surface area contributed by atoms with Gasteiger partial charge in [-0.05, 0) is 41.0 Å². The third-order valence-electron chi connectivity index (χ3n) is 7.60. The van der Waals surface area contributed by atoms with Gasteiger partial charge in [0.15, 0.2) is 11.2 Å². The number of aromatic nitrogens is 4. The molecule has 6 rings (SSSR count). The molecular weight excluding hydrogens is 538 g/mol. The molecule has 0 radical (unpaired) electrons. The zero-order valence-corrected chi connectivity index (χ0v) is 23.1. The lowest BCUT2D eigenvalue weighted by atomic mass is 9.80. The van der Waals surface area contributed by atoms with Crippen molar-refractivity contribution in [2.75, 3.05) is 26.6 Å². The maximum absolute atomic E-state index is 12.3. The number of hydrogen-bond acceptors (Lipinski definition) is 9. The number of nitrogens with zero attached hydrogens (tertiary/aromatic N) is 3. The van der Waals surface area contributed by atoms with E-state index in [9.17, 15) is 9.90 Å². The Hall–Kier alpha value is -4.71. The van der Waals surface area contributed by atoms with Crippen molar-refractivity contribution < 1.29 is 24.1 Å². The van der Waals surface area contributed by atoms with Crippen LogP contribution in [-0.2, 0) is 15.1 Å². The first-order valence-corrected chi connectivity index (χ1v) is 13.5. The predicted octanol–water partition coefficient (Wildman–Crippen LogP) is 3.38. The number of rotatable bonds is 9. The molecule has 3 aromatic carbocycles. The van der Waals surface area contributed by atoms with Crippen molar-refractivity contribution in [2.24, 2.45) is 0 Å². The van der Waals surface area contributed by atoms with Crippen LogP contribution in [0.4, 0.5) is 5.95 Å². The minimum Gasteiger partial charge on any atom is -0.497 e. The second kappa shape index (κ2) is 11.3. The van der Waals surface area contributed by atoms with Crippen molar-refractivity contribution in [1.29, 1.82) is 0 Å². The highest BCUT2D eigenvalue weighted by Crippen LogP contribution is 2.43. The molecule has 5 aromatic rings. The van der Waals surface area contributed by atoms with Crippen LogP contribution in [0.3, 0.4) is 0 Å². The van der Waals surface area contributed by atoms with E-state index in [2.05, 4.69) is 15.0 Å². The maximum atomic E-state index is 12.3. The zero-order chi connectivity index (χ0) is 29.3. The normalized spacial score (nSPS) is 18.8. The third kappa shape index (κ3) is 4.87. The maximum Gasteiger partial charge on any atom is 0.280 e. The summed E-state index contributed by atoms with van der Waals surface area (Å²) in [4.78, 5) is 23.1. The van der Waals surface area contributed by atoms with Crippen molar-refractivity contribution in [3.63, 3.8) is 0 Å². The molecule has 1 aliphatic heterocycles. The summed E-state index contributed by atoms with van der Waals surface area (Å²) in [6.45, 7) is 0.0490. The van der Waals surface area contributed by atoms with Gasteiger partial charge in [0, 0.05) is 6.42 Å². The van der Waals surface area contributed by atoms with Gasteiger partial charge in [-0.25, -0.2) is 4.98 Å². The second-order valence-electron chi connectivity index (χ2n) is 10.0. The lowest BCUT2D eigenvalue weighted by Crippen LogP contribution is -2.38. The van der Waals surface area contributed by atoms with E-state index >= 15 is 0 Å². The van der Waals surface area contributed by atoms with E-state index in [0.717, 1.165) is 16.7 Å². The minimum atomic E-state index is -1.06. The average Bonchev–Trinajstić information content (AvgIpc) is 3.61. The molecule has 1 saturated heterocycles. The number of aromatic amines is 1. The van der Waals surface area contributed by atoms with Gasteiger partial charge in [-0.3, -0.25) is 14.3 Å². The van der Waals surface area contributed by atoms with E-state index in [1.54, 1.807) is 18.8 Å². The van der Waals surface area contributed by atoms with Gasteiger partial charge in [-0.15, -0.1) is 0 Å². The van der Waals surface area contributed by atoms with Gasteiger partial charge < -0.3 is 29.8 Å². The number of nitrogen functional groups attached to an aromatic ring is 1. The molecule has 0 unspecified atom stereocenters. The van der Waals surface area contributed by atoms with Gasteiger partial charge in [-0.2, -0.15) is 4.98 Å². The largest absolute Gasteiger partial charge is 0.497 e. The molecule has 216 valence electrons. The SMILES string of the molecule is COc1ccc(C(OC[C@H]2O[C@@H](n3cnc4c(=O)[nH]c(N)nc43)C[C@@H]2O)(c2ccccc2)c2ccc(OC)cc2)cc1. The highest BCUT2D eigenvalue weighted by Gasteiger charge is 2.42. The lowest BCUT2D eigenvalue weighted by molar-refractivity contribution is -0.0931. The molecule has 3 atom stereocenters. The summed E-state index contributed by atoms with van der Waals surface area (Å²) in [5.41, 5.74) is 7.31. The summed E-state index contributed by atoms with van der Waals surface area (Å²) >= 11 is 0. The van der Waals surface area contributed by atoms with E-state index in [1.807, 2.05) is 78.9 Å². The monoisotopic (exact) mass is 569 g/mol. The quantitative estimate of drug-likeness (QED) is 0.227. The summed E-state index contributed by atoms with van der Waals surface area (Å²) in [5, 5.41) is 11.1. The van der Waals surface area contributed by atoms with Crippen LogP contribution in [0.25, 0.3) is 11.2 Å². The van der Waals surface area contributed by atoms with E-state index in [0.29, 0.717) is 11.5 Å². The van der Waals surface area contributed by atoms with Gasteiger partial charge in [0.25, 0.3) is 5.56 Å². The standard InChI is InChI=1S/C31H31N5O6/c1-39-22-12-8-20(9-13-22)31(19-6-4-3-5-7-19,21-10-14-23(40-2)15-11-21)41-17-25-24(37)16-26(42-25)36-18-33-27-28(36)34-30(32)35-29(27)38/h3-15,18,24-26,37H,16-17H2,1-2H3,(H3,32,34,35,38)/t24-,25+,26+/m0/s1. The average molecular weight is 570 g/mol. The second-order valence-corrected chi connectivity index (χ2v) is 10.0. The number of nitrogens with two attached hydrogens (primary N) is 1. The van der Waals surface area contributed by atoms with Crippen LogP contribution in [0.1, 0.15) is 29.3 Å². The molecule has 0 saturated carbocycles. The Labute approximate surface area is 241 Å². The fourth-order valence-electron chi connectivity index (χ4n) is 5.47. The number of benzene rings is 3. The van der Waals surface area contributed by atoms with E-state index in [-0.39, 0.29) is 30.1 Å². The number of H-pyrrole nitrogens is 1. The van der Waals surface area contributed by atoms with Gasteiger partial charge >= 0.3 is 0 Å². The third-order valence-corrected chi connectivity index (χ3v) is 7.60. The Morgan fingerprint density at radius 3 is 2.17 bits per heavy atom. The molecule has 0 spiro atoms. The van der Waals surface area contributed by atoms with Crippen molar-refractivity contribution >= 4 is 17.1 Å². The number of fused-ring (bicyclic) bond motifs is 1. The van der Waals surface area contributed by atoms with Crippen molar-refractivity contribution in [1.82, 2.24) is 19.5 Å². The van der Waals surface area contributed by atoms with Crippen LogP contribution in [0.15, 0.2) is 90.0 Å². The molecule has 11 nitrogen and oxygen atoms in total. The first kappa shape index (κ1) is 27.5. The fourth-order valence-corrected chi connectivity index (χ4v) is 5.47. The van der Waals surface area contributed by atoms with Crippen molar-refractivity contribution in [2.45, 2.75) is 30.5 Å². The Kier molecular flexibility index (Phi) is 7.38. The molecule has 11 heteroatoms. The summed E-state index contributed by atoms with van der Waals surface area (Å²) in [6, 6.07) is 25.3. The number of imidazole rings is 1. The van der Waals surface area contributed by atoms with Gasteiger partial charge in [0.1, 0.15) is 29.4 Å². The van der Waals surface area contributed by atoms with Crippen LogP contribution >= 0.6 is 0 Å². The number of anilines is 1. The molecule has 3 heterocycles. The number of hydrogen-bond donors (Lipinski definition) is 3. The van der Waals surface area contributed by atoms with E-state index in [1.165, 1.54) is 6.33 Å². The van der Waals surface area contributed by atoms with Gasteiger partial charge in [-0.1, -0.05) is 54.6 Å². The summed E-state index contributed by atoms with van der Waals surface area (Å²) < 4.78 is 25.6. The van der Waals surface area contributed by atoms with Crippen LogP contribution in [-0.4, -0.2) is 57.7 Å². The highest BCUT2D eigenvalue weighted by atomic mass is 16.6. The van der Waals surface area contributed by atoms with Gasteiger partial charge in [0.05, 0.1) is 33.3 Å². The summed E-state index contributed by atoms with van der Waals surface area (Å²) in [6.07, 6.45) is -0.452. The number of nitrogens with one attached hydrogen (secondary N) is 1. The molecule has 1 fully saturated rings. The fraction of sp³-hybridized carbons (Fsp3) is 0.258. The Morgan fingerprint density at radius 1 is 0.976 bits per heavy atom. The number of aliphatic hydroxyl groups excluding tert-OH is 1. The first-order valence-electron chi connectivity index (χ1n) is 13.5. The lowest BCUT2D eigenvalue weighted by Gasteiger charge is -2.37. The van der Waals surface area contributed by atoms with E-state index in [4.69, 9.17) is 24.7 Å². The number of methoxy groups -OCH3 is 2. The minimum absolute atomic E-state index is 0.0284. The zero-order valence-electron chi connectivity index (χ0n) is 23.1. The van der Waals surface area contributed by atoms with Crippen LogP contribution in [0, 0.1) is 0 Å². The number of ether oxygens (including phenoxy) is 4. The molecule has 0 amide bonds. The molecule has 0 bridgehead atoms. The van der Waals surface area contributed by atoms with E-state index < -0.39 is 29.6 Å². The Morgan fingerprint density at radius 2 is 1.57 bits per heavy atom. The Balaban J connectivity index is 1.37. The Bertz CT molecular complexity index is 1670. The molecule has 1 aliphatic rings. The summed E-state index contributed by atoms with van der Waals surface area (Å²) in [5.74, 6) is 1.40. The molecule has 0 aliphatic carbocycles. The molecule has 4 N–H and O–H groups in total. The molecule has 2 aromatic heterocycles. The summed E-state index contributed by atoms with van der Waals surface area (Å²) in [7, 11) is 3.25.